The molecule has 1 saturated heterocycles. The monoisotopic (exact) mass is 481 g/mol. The molecule has 178 valence electrons. The number of hydrogen-bond acceptors (Lipinski definition) is 6. The number of methoxy groups -OCH3 is 1. The van der Waals surface area contributed by atoms with Crippen LogP contribution in [0.4, 0.5) is 5.69 Å². The highest BCUT2D eigenvalue weighted by Crippen LogP contribution is 2.20. The van der Waals surface area contributed by atoms with Crippen molar-refractivity contribution in [3.8, 4) is 5.75 Å². The molecular weight excluding hydrogens is 454 g/mol. The number of benzene rings is 2. The summed E-state index contributed by atoms with van der Waals surface area (Å²) >= 11 is 0. The molecule has 34 heavy (non-hydrogen) atoms. The van der Waals surface area contributed by atoms with Crippen molar-refractivity contribution >= 4 is 27.7 Å². The molecule has 4 rings (SSSR count). The Morgan fingerprint density at radius 1 is 1.03 bits per heavy atom. The minimum absolute atomic E-state index is 0.0637. The van der Waals surface area contributed by atoms with Gasteiger partial charge in [-0.05, 0) is 60.2 Å². The first kappa shape index (κ1) is 23.6. The van der Waals surface area contributed by atoms with Crippen molar-refractivity contribution in [2.45, 2.75) is 11.4 Å². The lowest BCUT2D eigenvalue weighted by Gasteiger charge is -2.35. The van der Waals surface area contributed by atoms with Gasteiger partial charge in [-0.2, -0.15) is 0 Å². The third-order valence-electron chi connectivity index (χ3n) is 5.65. The molecule has 0 bridgehead atoms. The number of nitrogens with zero attached hydrogens (tertiary/aromatic N) is 2. The van der Waals surface area contributed by atoms with E-state index in [0.29, 0.717) is 18.8 Å². The van der Waals surface area contributed by atoms with Crippen LogP contribution in [0, 0.1) is 0 Å². The molecule has 3 aromatic rings. The fourth-order valence-electron chi connectivity index (χ4n) is 3.67. The van der Waals surface area contributed by atoms with Crippen molar-refractivity contribution in [1.29, 1.82) is 0 Å². The topological polar surface area (TPSA) is 92.1 Å². The van der Waals surface area contributed by atoms with Gasteiger partial charge in [-0.1, -0.05) is 12.1 Å². The van der Waals surface area contributed by atoms with Crippen LogP contribution in [0.5, 0.6) is 5.75 Å². The number of anilines is 1. The zero-order chi connectivity index (χ0) is 24.0. The lowest BCUT2D eigenvalue weighted by atomic mass is 10.2. The normalized spacial score (nSPS) is 14.5. The second kappa shape index (κ2) is 10.6. The summed E-state index contributed by atoms with van der Waals surface area (Å²) in [6.07, 6.45) is 4.72. The lowest BCUT2D eigenvalue weighted by Crippen LogP contribution is -2.48. The zero-order valence-corrected chi connectivity index (χ0v) is 19.7. The Labute approximate surface area is 199 Å². The van der Waals surface area contributed by atoms with Crippen LogP contribution in [-0.4, -0.2) is 52.5 Å². The Kier molecular flexibility index (Phi) is 7.34. The molecule has 1 aliphatic rings. The van der Waals surface area contributed by atoms with Crippen LogP contribution in [0.15, 0.2) is 82.3 Å². The van der Waals surface area contributed by atoms with Gasteiger partial charge in [-0.25, -0.2) is 13.1 Å². The van der Waals surface area contributed by atoms with Crippen LogP contribution in [0.25, 0.3) is 6.08 Å². The average Bonchev–Trinajstić information content (AvgIpc) is 3.40. The highest BCUT2D eigenvalue weighted by Gasteiger charge is 2.20. The first-order chi connectivity index (χ1) is 16.4. The van der Waals surface area contributed by atoms with E-state index in [9.17, 15) is 13.2 Å². The van der Waals surface area contributed by atoms with Gasteiger partial charge in [0.15, 0.2) is 0 Å². The van der Waals surface area contributed by atoms with Crippen molar-refractivity contribution in [2.24, 2.45) is 0 Å². The number of carbonyl (C=O) groups is 1. The van der Waals surface area contributed by atoms with Gasteiger partial charge in [0.2, 0.25) is 15.9 Å². The SMILES string of the molecule is COc1ccc(N2CCN(C(=O)C=Cc3ccc(S(=O)(=O)NCc4ccco4)cc3)CC2)cc1. The van der Waals surface area contributed by atoms with Gasteiger partial charge in [-0.15, -0.1) is 0 Å². The molecule has 1 N–H and O–H groups in total. The van der Waals surface area contributed by atoms with E-state index >= 15 is 0 Å². The minimum Gasteiger partial charge on any atom is -0.497 e. The molecule has 0 unspecified atom stereocenters. The second-order valence-electron chi connectivity index (χ2n) is 7.82. The third-order valence-corrected chi connectivity index (χ3v) is 7.07. The van der Waals surface area contributed by atoms with Crippen molar-refractivity contribution in [1.82, 2.24) is 9.62 Å². The fourth-order valence-corrected chi connectivity index (χ4v) is 4.67. The van der Waals surface area contributed by atoms with Gasteiger partial charge in [0.25, 0.3) is 0 Å². The standard InChI is InChI=1S/C25H27N3O5S/c1-32-22-9-7-21(8-10-22)27-14-16-28(17-15-27)25(29)13-6-20-4-11-24(12-5-20)34(30,31)26-19-23-3-2-18-33-23/h2-13,18,26H,14-17,19H2,1H3. The van der Waals surface area contributed by atoms with Gasteiger partial charge in [0, 0.05) is 37.9 Å². The first-order valence-electron chi connectivity index (χ1n) is 10.9. The smallest absolute Gasteiger partial charge is 0.246 e. The molecule has 1 fully saturated rings. The molecule has 1 aromatic heterocycles. The summed E-state index contributed by atoms with van der Waals surface area (Å²) in [5.74, 6) is 1.29. The van der Waals surface area contributed by atoms with Crippen LogP contribution in [0.3, 0.4) is 0 Å². The van der Waals surface area contributed by atoms with Crippen LogP contribution in [0.2, 0.25) is 0 Å². The van der Waals surface area contributed by atoms with Crippen LogP contribution in [0.1, 0.15) is 11.3 Å². The largest absolute Gasteiger partial charge is 0.497 e. The molecule has 1 amide bonds. The Morgan fingerprint density at radius 2 is 1.74 bits per heavy atom. The number of carbonyl (C=O) groups excluding carboxylic acids is 1. The second-order valence-corrected chi connectivity index (χ2v) is 9.58. The van der Waals surface area contributed by atoms with Crippen molar-refractivity contribution in [2.75, 3.05) is 38.2 Å². The number of ether oxygens (including phenoxy) is 1. The summed E-state index contributed by atoms with van der Waals surface area (Å²) in [7, 11) is -2.01. The molecule has 2 heterocycles. The Morgan fingerprint density at radius 3 is 2.35 bits per heavy atom. The lowest BCUT2D eigenvalue weighted by molar-refractivity contribution is -0.126. The molecule has 0 spiro atoms. The highest BCUT2D eigenvalue weighted by atomic mass is 32.2. The maximum Gasteiger partial charge on any atom is 0.246 e. The van der Waals surface area contributed by atoms with Gasteiger partial charge < -0.3 is 19.0 Å². The molecule has 0 atom stereocenters. The van der Waals surface area contributed by atoms with Gasteiger partial charge in [0.1, 0.15) is 11.5 Å². The quantitative estimate of drug-likeness (QED) is 0.497. The van der Waals surface area contributed by atoms with Crippen LogP contribution < -0.4 is 14.4 Å². The fraction of sp³-hybridized carbons (Fsp3) is 0.240. The van der Waals surface area contributed by atoms with Crippen LogP contribution in [-0.2, 0) is 21.4 Å². The summed E-state index contributed by atoms with van der Waals surface area (Å²) in [6.45, 7) is 2.85. The number of amides is 1. The molecule has 0 saturated carbocycles. The Bertz CT molecular complexity index is 1210. The summed E-state index contributed by atoms with van der Waals surface area (Å²) in [5.41, 5.74) is 1.85. The van der Waals surface area contributed by atoms with Gasteiger partial charge in [-0.3, -0.25) is 4.79 Å². The van der Waals surface area contributed by atoms with Crippen LogP contribution >= 0.6 is 0 Å². The summed E-state index contributed by atoms with van der Waals surface area (Å²) in [5, 5.41) is 0. The van der Waals surface area contributed by atoms with E-state index in [4.69, 9.17) is 9.15 Å². The average molecular weight is 482 g/mol. The van der Waals surface area contributed by atoms with Gasteiger partial charge in [0.05, 0.1) is 24.8 Å². The number of sulfonamides is 1. The molecule has 0 radical (unpaired) electrons. The maximum atomic E-state index is 12.6. The molecule has 1 aliphatic heterocycles. The molecular formula is C25H27N3O5S. The Balaban J connectivity index is 1.29. The van der Waals surface area contributed by atoms with E-state index in [1.807, 2.05) is 29.2 Å². The first-order valence-corrected chi connectivity index (χ1v) is 12.4. The predicted molar refractivity (Wildman–Crippen MR) is 130 cm³/mol. The van der Waals surface area contributed by atoms with E-state index in [1.165, 1.54) is 24.5 Å². The van der Waals surface area contributed by atoms with Crippen molar-refractivity contribution < 1.29 is 22.4 Å². The van der Waals surface area contributed by atoms with Crippen molar-refractivity contribution in [3.63, 3.8) is 0 Å². The summed E-state index contributed by atoms with van der Waals surface area (Å²) < 4.78 is 37.7. The highest BCUT2D eigenvalue weighted by molar-refractivity contribution is 7.89. The number of rotatable bonds is 8. The molecule has 0 aliphatic carbocycles. The third kappa shape index (κ3) is 5.86. The molecule has 9 heteroatoms. The van der Waals surface area contributed by atoms with E-state index in [1.54, 1.807) is 37.5 Å². The number of piperazine rings is 1. The Hall–Kier alpha value is -3.56. The van der Waals surface area contributed by atoms with E-state index < -0.39 is 10.0 Å². The molecule has 2 aromatic carbocycles. The maximum absolute atomic E-state index is 12.6. The predicted octanol–water partition coefficient (Wildman–Crippen LogP) is 3.13. The van der Waals surface area contributed by atoms with Gasteiger partial charge >= 0.3 is 0 Å². The molecule has 8 nitrogen and oxygen atoms in total. The van der Waals surface area contributed by atoms with E-state index in [2.05, 4.69) is 9.62 Å². The number of furan rings is 1. The summed E-state index contributed by atoms with van der Waals surface area (Å²) in [6, 6.07) is 17.7. The summed E-state index contributed by atoms with van der Waals surface area (Å²) in [4.78, 5) is 16.8. The van der Waals surface area contributed by atoms with Crippen molar-refractivity contribution in [3.05, 3.63) is 84.3 Å². The minimum atomic E-state index is -3.65. The van der Waals surface area contributed by atoms with E-state index in [-0.39, 0.29) is 17.3 Å². The number of hydrogen-bond donors (Lipinski definition) is 1. The van der Waals surface area contributed by atoms with E-state index in [0.717, 1.165) is 30.1 Å². The zero-order valence-electron chi connectivity index (χ0n) is 18.9. The number of nitrogens with one attached hydrogen (secondary N) is 1.